The zero-order valence-corrected chi connectivity index (χ0v) is 10.6. The largest absolute Gasteiger partial charge is 0.384 e. The lowest BCUT2D eigenvalue weighted by Gasteiger charge is -2.17. The second-order valence-electron chi connectivity index (χ2n) is 4.90. The van der Waals surface area contributed by atoms with Gasteiger partial charge in [0.05, 0.1) is 11.9 Å². The van der Waals surface area contributed by atoms with Crippen molar-refractivity contribution in [3.8, 4) is 0 Å². The van der Waals surface area contributed by atoms with Crippen molar-refractivity contribution in [2.24, 2.45) is 5.41 Å². The first-order valence-electron chi connectivity index (χ1n) is 5.63. The summed E-state index contributed by atoms with van der Waals surface area (Å²) >= 11 is 0. The Balaban J connectivity index is 2.25. The molecular weight excluding hydrogens is 216 g/mol. The van der Waals surface area contributed by atoms with Gasteiger partial charge in [-0.05, 0) is 12.1 Å². The average Bonchev–Trinajstić information content (AvgIpc) is 2.25. The van der Waals surface area contributed by atoms with Gasteiger partial charge >= 0.3 is 0 Å². The van der Waals surface area contributed by atoms with Crippen LogP contribution in [0.3, 0.4) is 0 Å². The van der Waals surface area contributed by atoms with E-state index in [1.54, 1.807) is 12.3 Å². The van der Waals surface area contributed by atoms with E-state index in [9.17, 15) is 4.79 Å². The van der Waals surface area contributed by atoms with E-state index in [1.165, 1.54) is 0 Å². The van der Waals surface area contributed by atoms with E-state index in [4.69, 9.17) is 5.73 Å². The van der Waals surface area contributed by atoms with Crippen LogP contribution in [0.2, 0.25) is 0 Å². The molecule has 17 heavy (non-hydrogen) atoms. The molecule has 0 saturated carbocycles. The van der Waals surface area contributed by atoms with E-state index in [2.05, 4.69) is 15.6 Å². The van der Waals surface area contributed by atoms with E-state index in [-0.39, 0.29) is 11.3 Å². The third kappa shape index (κ3) is 4.72. The number of amides is 1. The number of nitrogens with two attached hydrogens (primary N) is 1. The molecule has 0 atom stereocenters. The number of rotatable bonds is 4. The van der Waals surface area contributed by atoms with Crippen LogP contribution < -0.4 is 16.4 Å². The van der Waals surface area contributed by atoms with E-state index in [0.29, 0.717) is 18.9 Å². The maximum absolute atomic E-state index is 11.6. The van der Waals surface area contributed by atoms with Crippen molar-refractivity contribution in [3.63, 3.8) is 0 Å². The number of hydrogen-bond acceptors (Lipinski definition) is 4. The minimum atomic E-state index is -0.344. The van der Waals surface area contributed by atoms with Crippen LogP contribution in [0.15, 0.2) is 18.3 Å². The van der Waals surface area contributed by atoms with Crippen molar-refractivity contribution < 1.29 is 4.79 Å². The van der Waals surface area contributed by atoms with Crippen LogP contribution >= 0.6 is 0 Å². The molecule has 0 aliphatic heterocycles. The van der Waals surface area contributed by atoms with Gasteiger partial charge in [0.25, 0.3) is 0 Å². The van der Waals surface area contributed by atoms with Crippen LogP contribution in [0, 0.1) is 5.41 Å². The Kier molecular flexibility index (Phi) is 4.31. The van der Waals surface area contributed by atoms with Gasteiger partial charge in [-0.3, -0.25) is 4.79 Å². The first kappa shape index (κ1) is 13.3. The number of carbonyl (C=O) groups is 1. The summed E-state index contributed by atoms with van der Waals surface area (Å²) in [6.07, 6.45) is 1.67. The standard InChI is InChI=1S/C12H20N4O/c1-12(2,3)11(17)15-7-6-14-9-4-5-10(13)16-8-9/h4-5,8,14H,6-7H2,1-3H3,(H2,13,16)(H,15,17). The molecule has 5 nitrogen and oxygen atoms in total. The fourth-order valence-electron chi connectivity index (χ4n) is 1.16. The van der Waals surface area contributed by atoms with Gasteiger partial charge in [0.2, 0.25) is 5.91 Å². The Hall–Kier alpha value is -1.78. The number of hydrogen-bond donors (Lipinski definition) is 3. The lowest BCUT2D eigenvalue weighted by molar-refractivity contribution is -0.128. The zero-order chi connectivity index (χ0) is 12.9. The molecule has 1 aromatic rings. The highest BCUT2D eigenvalue weighted by Crippen LogP contribution is 2.12. The summed E-state index contributed by atoms with van der Waals surface area (Å²) in [6, 6.07) is 3.59. The van der Waals surface area contributed by atoms with Crippen molar-refractivity contribution in [2.75, 3.05) is 24.1 Å². The van der Waals surface area contributed by atoms with Crippen molar-refractivity contribution in [2.45, 2.75) is 20.8 Å². The Bertz CT molecular complexity index is 367. The van der Waals surface area contributed by atoms with Crippen molar-refractivity contribution in [3.05, 3.63) is 18.3 Å². The summed E-state index contributed by atoms with van der Waals surface area (Å²) in [5.74, 6) is 0.548. The van der Waals surface area contributed by atoms with E-state index in [1.807, 2.05) is 26.8 Å². The van der Waals surface area contributed by atoms with Gasteiger partial charge in [-0.15, -0.1) is 0 Å². The number of carbonyl (C=O) groups excluding carboxylic acids is 1. The minimum Gasteiger partial charge on any atom is -0.384 e. The first-order valence-corrected chi connectivity index (χ1v) is 5.63. The number of nitrogen functional groups attached to an aromatic ring is 1. The quantitative estimate of drug-likeness (QED) is 0.687. The second-order valence-corrected chi connectivity index (χ2v) is 4.90. The second kappa shape index (κ2) is 5.52. The Morgan fingerprint density at radius 1 is 1.35 bits per heavy atom. The predicted octanol–water partition coefficient (Wildman–Crippen LogP) is 1.24. The molecule has 0 aromatic carbocycles. The van der Waals surface area contributed by atoms with Gasteiger partial charge in [0, 0.05) is 18.5 Å². The van der Waals surface area contributed by atoms with Crippen LogP contribution in [0.5, 0.6) is 0 Å². The Morgan fingerprint density at radius 2 is 2.06 bits per heavy atom. The van der Waals surface area contributed by atoms with E-state index in [0.717, 1.165) is 5.69 Å². The van der Waals surface area contributed by atoms with Crippen molar-refractivity contribution in [1.29, 1.82) is 0 Å². The summed E-state index contributed by atoms with van der Waals surface area (Å²) in [4.78, 5) is 15.5. The molecule has 0 unspecified atom stereocenters. The molecule has 94 valence electrons. The SMILES string of the molecule is CC(C)(C)C(=O)NCCNc1ccc(N)nc1. The number of nitrogens with zero attached hydrogens (tertiary/aromatic N) is 1. The Labute approximate surface area is 102 Å². The van der Waals surface area contributed by atoms with Crippen LogP contribution in [-0.4, -0.2) is 24.0 Å². The summed E-state index contributed by atoms with van der Waals surface area (Å²) < 4.78 is 0. The highest BCUT2D eigenvalue weighted by atomic mass is 16.2. The fraction of sp³-hybridized carbons (Fsp3) is 0.500. The molecule has 1 heterocycles. The summed E-state index contributed by atoms with van der Waals surface area (Å²) in [5, 5.41) is 6.00. The number of nitrogens with one attached hydrogen (secondary N) is 2. The Morgan fingerprint density at radius 3 is 2.59 bits per heavy atom. The highest BCUT2D eigenvalue weighted by Gasteiger charge is 2.19. The van der Waals surface area contributed by atoms with Crippen LogP contribution in [-0.2, 0) is 4.79 Å². The molecule has 0 radical (unpaired) electrons. The molecule has 0 aliphatic carbocycles. The first-order chi connectivity index (χ1) is 7.89. The summed E-state index contributed by atoms with van der Waals surface area (Å²) in [6.45, 7) is 6.91. The molecule has 1 rings (SSSR count). The van der Waals surface area contributed by atoms with Crippen molar-refractivity contribution >= 4 is 17.4 Å². The maximum Gasteiger partial charge on any atom is 0.225 e. The van der Waals surface area contributed by atoms with Crippen LogP contribution in [0.4, 0.5) is 11.5 Å². The summed E-state index contributed by atoms with van der Waals surface area (Å²) in [7, 11) is 0. The zero-order valence-electron chi connectivity index (χ0n) is 10.6. The molecule has 0 bridgehead atoms. The molecular formula is C12H20N4O. The van der Waals surface area contributed by atoms with E-state index >= 15 is 0 Å². The molecule has 0 saturated heterocycles. The lowest BCUT2D eigenvalue weighted by Crippen LogP contribution is -2.37. The number of pyridine rings is 1. The average molecular weight is 236 g/mol. The van der Waals surface area contributed by atoms with Crippen molar-refractivity contribution in [1.82, 2.24) is 10.3 Å². The predicted molar refractivity (Wildman–Crippen MR) is 69.6 cm³/mol. The third-order valence-corrected chi connectivity index (χ3v) is 2.21. The fourth-order valence-corrected chi connectivity index (χ4v) is 1.16. The van der Waals surface area contributed by atoms with Gasteiger partial charge in [-0.2, -0.15) is 0 Å². The third-order valence-electron chi connectivity index (χ3n) is 2.21. The number of aromatic nitrogens is 1. The highest BCUT2D eigenvalue weighted by molar-refractivity contribution is 5.81. The molecule has 1 amide bonds. The van der Waals surface area contributed by atoms with Gasteiger partial charge in [-0.1, -0.05) is 20.8 Å². The van der Waals surface area contributed by atoms with Gasteiger partial charge in [-0.25, -0.2) is 4.98 Å². The van der Waals surface area contributed by atoms with Crippen LogP contribution in [0.25, 0.3) is 0 Å². The molecule has 0 aliphatic rings. The minimum absolute atomic E-state index is 0.0507. The molecule has 5 heteroatoms. The normalized spacial score (nSPS) is 11.0. The smallest absolute Gasteiger partial charge is 0.225 e. The molecule has 4 N–H and O–H groups in total. The molecule has 1 aromatic heterocycles. The number of anilines is 2. The molecule has 0 spiro atoms. The van der Waals surface area contributed by atoms with Gasteiger partial charge in [0.15, 0.2) is 0 Å². The van der Waals surface area contributed by atoms with Crippen LogP contribution in [0.1, 0.15) is 20.8 Å². The lowest BCUT2D eigenvalue weighted by atomic mass is 9.96. The molecule has 0 fully saturated rings. The van der Waals surface area contributed by atoms with Gasteiger partial charge in [0.1, 0.15) is 5.82 Å². The maximum atomic E-state index is 11.6. The topological polar surface area (TPSA) is 80.0 Å². The summed E-state index contributed by atoms with van der Waals surface area (Å²) in [5.41, 5.74) is 6.02. The monoisotopic (exact) mass is 236 g/mol. The van der Waals surface area contributed by atoms with E-state index < -0.39 is 0 Å². The van der Waals surface area contributed by atoms with Gasteiger partial charge < -0.3 is 16.4 Å².